The molecule has 3 aromatic carbocycles. The molecule has 43 heavy (non-hydrogen) atoms. The fraction of sp³-hybridized carbons (Fsp3) is 0.333. The highest BCUT2D eigenvalue weighted by atomic mass is 19.4. The van der Waals surface area contributed by atoms with Gasteiger partial charge in [-0.2, -0.15) is 26.3 Å². The van der Waals surface area contributed by atoms with Gasteiger partial charge in [0.05, 0.1) is 13.2 Å². The topological polar surface area (TPSA) is 80.3 Å². The van der Waals surface area contributed by atoms with Crippen LogP contribution in [-0.2, 0) is 51.1 Å². The first-order chi connectivity index (χ1) is 20.3. The summed E-state index contributed by atoms with van der Waals surface area (Å²) >= 11 is 0. The van der Waals surface area contributed by atoms with Crippen molar-refractivity contribution in [3.05, 3.63) is 108 Å². The van der Waals surface area contributed by atoms with Crippen molar-refractivity contribution >= 4 is 11.9 Å². The van der Waals surface area contributed by atoms with Crippen LogP contribution in [0.4, 0.5) is 26.3 Å². The van der Waals surface area contributed by atoms with Crippen LogP contribution in [0.5, 0.6) is 0 Å². The molecular weight excluding hydrogens is 586 g/mol. The van der Waals surface area contributed by atoms with E-state index in [9.17, 15) is 35.9 Å². The van der Waals surface area contributed by atoms with Gasteiger partial charge in [-0.3, -0.25) is 0 Å². The van der Waals surface area contributed by atoms with E-state index in [-0.39, 0.29) is 6.61 Å². The average molecular weight is 615 g/mol. The minimum atomic E-state index is -5.33. The van der Waals surface area contributed by atoms with Crippen molar-refractivity contribution in [2.75, 3.05) is 27.4 Å². The van der Waals surface area contributed by atoms with E-state index in [1.165, 1.54) is 36.4 Å². The Labute approximate surface area is 243 Å². The fourth-order valence-corrected chi connectivity index (χ4v) is 4.28. The largest absolute Gasteiger partial charge is 0.459 e. The van der Waals surface area contributed by atoms with E-state index >= 15 is 0 Å². The van der Waals surface area contributed by atoms with Gasteiger partial charge >= 0.3 is 24.3 Å². The monoisotopic (exact) mass is 614 g/mol. The number of hydrogen-bond donors (Lipinski definition) is 0. The Kier molecular flexibility index (Phi) is 10.9. The zero-order chi connectivity index (χ0) is 31.7. The van der Waals surface area contributed by atoms with Crippen LogP contribution in [0.2, 0.25) is 0 Å². The maximum absolute atomic E-state index is 14.4. The van der Waals surface area contributed by atoms with Crippen molar-refractivity contribution in [3.63, 3.8) is 0 Å². The third-order valence-corrected chi connectivity index (χ3v) is 6.44. The van der Waals surface area contributed by atoms with E-state index in [1.54, 1.807) is 30.3 Å². The average Bonchev–Trinajstić information content (AvgIpc) is 2.97. The van der Waals surface area contributed by atoms with Crippen molar-refractivity contribution in [2.45, 2.75) is 36.3 Å². The first-order valence-electron chi connectivity index (χ1n) is 12.7. The number of hydrogen-bond acceptors (Lipinski definition) is 7. The van der Waals surface area contributed by atoms with Gasteiger partial charge in [-0.1, -0.05) is 91.0 Å². The van der Waals surface area contributed by atoms with Crippen molar-refractivity contribution in [1.29, 1.82) is 0 Å². The van der Waals surface area contributed by atoms with Crippen molar-refractivity contribution in [1.82, 2.24) is 0 Å². The Morgan fingerprint density at radius 3 is 1.47 bits per heavy atom. The molecule has 0 N–H and O–H groups in total. The van der Waals surface area contributed by atoms with Crippen LogP contribution in [0.25, 0.3) is 0 Å². The molecule has 232 valence electrons. The summed E-state index contributed by atoms with van der Waals surface area (Å²) in [6, 6.07) is 20.3. The number of carbonyl (C=O) groups is 2. The fourth-order valence-electron chi connectivity index (χ4n) is 4.28. The molecule has 3 rings (SSSR count). The molecule has 0 saturated carbocycles. The van der Waals surface area contributed by atoms with Crippen molar-refractivity contribution < 1.29 is 59.6 Å². The number of rotatable bonds is 13. The maximum atomic E-state index is 14.4. The number of esters is 2. The van der Waals surface area contributed by atoms with Gasteiger partial charge < -0.3 is 23.7 Å². The first kappa shape index (κ1) is 33.6. The quantitative estimate of drug-likeness (QED) is 0.176. The third-order valence-electron chi connectivity index (χ3n) is 6.44. The van der Waals surface area contributed by atoms with E-state index < -0.39 is 65.9 Å². The van der Waals surface area contributed by atoms with Crippen LogP contribution in [-0.4, -0.2) is 57.8 Å². The summed E-state index contributed by atoms with van der Waals surface area (Å²) in [5.74, 6) is -3.88. The number of benzene rings is 3. The van der Waals surface area contributed by atoms with Gasteiger partial charge in [0.1, 0.15) is 6.61 Å². The second-order valence-electron chi connectivity index (χ2n) is 9.12. The molecule has 7 nitrogen and oxygen atoms in total. The molecule has 0 bridgehead atoms. The SMILES string of the molecule is CO[C@](C(=O)OC[C@@H](COCc1ccccc1)OC(=O)[C@@](OC)(c1ccccc1)C(F)(F)F)(c1ccccc1)C(F)(F)F. The third kappa shape index (κ3) is 7.17. The molecule has 0 radical (unpaired) electrons. The Balaban J connectivity index is 1.92. The second-order valence-corrected chi connectivity index (χ2v) is 9.12. The summed E-state index contributed by atoms with van der Waals surface area (Å²) in [6.45, 7) is -1.87. The van der Waals surface area contributed by atoms with Gasteiger partial charge in [0.15, 0.2) is 6.10 Å². The molecule has 3 atom stereocenters. The van der Waals surface area contributed by atoms with Crippen LogP contribution in [0.15, 0.2) is 91.0 Å². The predicted octanol–water partition coefficient (Wildman–Crippen LogP) is 5.87. The Morgan fingerprint density at radius 2 is 1.05 bits per heavy atom. The number of halogens is 6. The zero-order valence-electron chi connectivity index (χ0n) is 23.0. The lowest BCUT2D eigenvalue weighted by Gasteiger charge is -2.34. The van der Waals surface area contributed by atoms with Crippen LogP contribution in [0.3, 0.4) is 0 Å². The molecule has 0 aromatic heterocycles. The highest BCUT2D eigenvalue weighted by Crippen LogP contribution is 2.44. The Hall–Kier alpha value is -3.94. The van der Waals surface area contributed by atoms with Gasteiger partial charge in [0.2, 0.25) is 0 Å². The summed E-state index contributed by atoms with van der Waals surface area (Å²) in [5, 5.41) is 0. The summed E-state index contributed by atoms with van der Waals surface area (Å²) < 4.78 is 111. The highest BCUT2D eigenvalue weighted by molar-refractivity contribution is 5.84. The van der Waals surface area contributed by atoms with Crippen molar-refractivity contribution in [2.24, 2.45) is 0 Å². The lowest BCUT2D eigenvalue weighted by Crippen LogP contribution is -2.54. The van der Waals surface area contributed by atoms with Crippen LogP contribution >= 0.6 is 0 Å². The second kappa shape index (κ2) is 14.0. The molecule has 3 aromatic rings. The van der Waals surface area contributed by atoms with E-state index in [4.69, 9.17) is 18.9 Å². The molecule has 0 aliphatic heterocycles. The van der Waals surface area contributed by atoms with E-state index in [1.807, 2.05) is 0 Å². The van der Waals surface area contributed by atoms with Crippen LogP contribution in [0.1, 0.15) is 16.7 Å². The molecule has 0 unspecified atom stereocenters. The minimum Gasteiger partial charge on any atom is -0.459 e. The molecule has 0 amide bonds. The van der Waals surface area contributed by atoms with Crippen LogP contribution in [0, 0.1) is 0 Å². The first-order valence-corrected chi connectivity index (χ1v) is 12.7. The highest BCUT2D eigenvalue weighted by Gasteiger charge is 2.65. The molecule has 0 fully saturated rings. The standard InChI is InChI=1S/C30H28F6O7/c1-39-27(29(31,32)33,22-14-8-4-9-15-22)25(37)42-20-24(19-41-18-21-12-6-3-7-13-21)43-26(38)28(40-2,30(34,35)36)23-16-10-5-11-17-23/h3-17,24H,18-20H2,1-2H3/t24-,27+,28+/m1/s1. The van der Waals surface area contributed by atoms with Crippen LogP contribution < -0.4 is 0 Å². The molecular formula is C30H28F6O7. The maximum Gasteiger partial charge on any atom is 0.432 e. The lowest BCUT2D eigenvalue weighted by molar-refractivity contribution is -0.283. The lowest BCUT2D eigenvalue weighted by atomic mass is 9.92. The number of ether oxygens (including phenoxy) is 5. The molecule has 13 heteroatoms. The normalized spacial score (nSPS) is 15.5. The summed E-state index contributed by atoms with van der Waals surface area (Å²) in [5.41, 5.74) is -7.78. The van der Waals surface area contributed by atoms with Gasteiger partial charge in [-0.15, -0.1) is 0 Å². The van der Waals surface area contributed by atoms with E-state index in [0.717, 1.165) is 24.3 Å². The smallest absolute Gasteiger partial charge is 0.432 e. The number of carbonyl (C=O) groups excluding carboxylic acids is 2. The van der Waals surface area contributed by atoms with Crippen molar-refractivity contribution in [3.8, 4) is 0 Å². The molecule has 0 spiro atoms. The predicted molar refractivity (Wildman–Crippen MR) is 139 cm³/mol. The van der Waals surface area contributed by atoms with E-state index in [2.05, 4.69) is 4.74 Å². The molecule has 0 saturated heterocycles. The van der Waals surface area contributed by atoms with Gasteiger partial charge in [-0.25, -0.2) is 9.59 Å². The van der Waals surface area contributed by atoms with Gasteiger partial charge in [0, 0.05) is 25.3 Å². The van der Waals surface area contributed by atoms with Gasteiger partial charge in [-0.05, 0) is 5.56 Å². The summed E-state index contributed by atoms with van der Waals surface area (Å²) in [6.07, 6.45) is -12.4. The summed E-state index contributed by atoms with van der Waals surface area (Å²) in [7, 11) is 1.30. The van der Waals surface area contributed by atoms with E-state index in [0.29, 0.717) is 19.8 Å². The Bertz CT molecular complexity index is 1320. The number of methoxy groups -OCH3 is 2. The molecule has 0 aliphatic rings. The molecule has 0 aliphatic carbocycles. The molecule has 0 heterocycles. The minimum absolute atomic E-state index is 0.106. The zero-order valence-corrected chi connectivity index (χ0v) is 23.0. The summed E-state index contributed by atoms with van der Waals surface area (Å²) in [4.78, 5) is 26.2. The number of alkyl halides is 6. The van der Waals surface area contributed by atoms with Gasteiger partial charge in [0.25, 0.3) is 11.2 Å². The Morgan fingerprint density at radius 1 is 0.628 bits per heavy atom.